The van der Waals surface area contributed by atoms with Gasteiger partial charge in [0.1, 0.15) is 0 Å². The minimum absolute atomic E-state index is 0.0289. The molecule has 0 spiro atoms. The second-order valence-corrected chi connectivity index (χ2v) is 6.13. The van der Waals surface area contributed by atoms with E-state index in [1.807, 2.05) is 12.1 Å². The molecule has 16 heavy (non-hydrogen) atoms. The number of benzene rings is 1. The molecule has 0 heterocycles. The number of rotatable bonds is 3. The van der Waals surface area contributed by atoms with Crippen LogP contribution in [0.25, 0.3) is 0 Å². The van der Waals surface area contributed by atoms with Crippen LogP contribution in [0.2, 0.25) is 0 Å². The molecule has 1 aromatic carbocycles. The molecule has 0 radical (unpaired) electrons. The minimum atomic E-state index is 0.0289. The van der Waals surface area contributed by atoms with Gasteiger partial charge in [-0.15, -0.1) is 0 Å². The maximum atomic E-state index is 6.16. The predicted octanol–water partition coefficient (Wildman–Crippen LogP) is 3.92. The average molecular weight is 282 g/mol. The molecular weight excluding hydrogens is 262 g/mol. The first-order valence-electron chi connectivity index (χ1n) is 5.50. The zero-order valence-corrected chi connectivity index (χ0v) is 11.8. The van der Waals surface area contributed by atoms with E-state index in [2.05, 4.69) is 55.4 Å². The summed E-state index contributed by atoms with van der Waals surface area (Å²) in [6.45, 7) is 10.6. The Balaban J connectivity index is 2.68. The van der Waals surface area contributed by atoms with Gasteiger partial charge in [-0.1, -0.05) is 61.0 Å². The van der Waals surface area contributed by atoms with Crippen molar-refractivity contribution in [3.8, 4) is 0 Å². The van der Waals surface area contributed by atoms with E-state index in [0.717, 1.165) is 16.5 Å². The van der Waals surface area contributed by atoms with Crippen LogP contribution < -0.4 is 5.73 Å². The quantitative estimate of drug-likeness (QED) is 0.835. The van der Waals surface area contributed by atoms with Gasteiger partial charge in [-0.3, -0.25) is 0 Å². The van der Waals surface area contributed by atoms with Crippen LogP contribution in [-0.4, -0.2) is 6.04 Å². The van der Waals surface area contributed by atoms with Crippen LogP contribution in [0, 0.1) is 5.41 Å². The molecule has 0 bridgehead atoms. The zero-order valence-electron chi connectivity index (χ0n) is 10.3. The van der Waals surface area contributed by atoms with Gasteiger partial charge in [0.05, 0.1) is 0 Å². The first kappa shape index (κ1) is 13.5. The van der Waals surface area contributed by atoms with Gasteiger partial charge < -0.3 is 5.73 Å². The molecule has 1 rings (SSSR count). The summed E-state index contributed by atoms with van der Waals surface area (Å²) < 4.78 is 1.10. The van der Waals surface area contributed by atoms with Crippen LogP contribution in [0.4, 0.5) is 0 Å². The molecule has 88 valence electrons. The highest BCUT2D eigenvalue weighted by atomic mass is 79.9. The molecule has 1 atom stereocenters. The van der Waals surface area contributed by atoms with Crippen molar-refractivity contribution < 1.29 is 0 Å². The molecule has 0 amide bonds. The van der Waals surface area contributed by atoms with Crippen molar-refractivity contribution in [2.24, 2.45) is 11.1 Å². The highest BCUT2D eigenvalue weighted by Gasteiger charge is 2.20. The molecule has 0 saturated heterocycles. The van der Waals surface area contributed by atoms with Gasteiger partial charge >= 0.3 is 0 Å². The predicted molar refractivity (Wildman–Crippen MR) is 74.4 cm³/mol. The molecule has 1 aromatic rings. The lowest BCUT2D eigenvalue weighted by Gasteiger charge is -2.27. The van der Waals surface area contributed by atoms with E-state index in [1.165, 1.54) is 5.56 Å². The Morgan fingerprint density at radius 2 is 1.81 bits per heavy atom. The van der Waals surface area contributed by atoms with Crippen molar-refractivity contribution in [3.63, 3.8) is 0 Å². The third-order valence-corrected chi connectivity index (χ3v) is 3.31. The molecule has 0 aliphatic carbocycles. The monoisotopic (exact) mass is 281 g/mol. The number of halogens is 1. The summed E-state index contributed by atoms with van der Waals surface area (Å²) in [5.74, 6) is 0. The average Bonchev–Trinajstić information content (AvgIpc) is 2.19. The molecule has 0 aliphatic rings. The third kappa shape index (κ3) is 3.76. The summed E-state index contributed by atoms with van der Waals surface area (Å²) >= 11 is 3.42. The van der Waals surface area contributed by atoms with Crippen LogP contribution in [0.15, 0.2) is 40.9 Å². The van der Waals surface area contributed by atoms with Gasteiger partial charge in [-0.05, 0) is 29.5 Å². The number of hydrogen-bond donors (Lipinski definition) is 1. The highest BCUT2D eigenvalue weighted by molar-refractivity contribution is 9.10. The summed E-state index contributed by atoms with van der Waals surface area (Å²) in [6, 6.07) is 8.31. The summed E-state index contributed by atoms with van der Waals surface area (Å²) in [5, 5.41) is 0. The summed E-state index contributed by atoms with van der Waals surface area (Å²) in [6.07, 6.45) is 0.851. The standard InChI is InChI=1S/C14H20BrN/c1-10(14(2,3)4)13(16)9-11-5-7-12(15)8-6-11/h5-8,13H,1,9,16H2,2-4H3/t13-/m1/s1. The molecule has 2 heteroatoms. The Morgan fingerprint density at radius 1 is 1.31 bits per heavy atom. The molecule has 0 unspecified atom stereocenters. The molecule has 2 N–H and O–H groups in total. The molecular formula is C14H20BrN. The topological polar surface area (TPSA) is 26.0 Å². The zero-order chi connectivity index (χ0) is 12.3. The summed E-state index contributed by atoms with van der Waals surface area (Å²) in [5.41, 5.74) is 8.60. The van der Waals surface area contributed by atoms with E-state index in [0.29, 0.717) is 0 Å². The van der Waals surface area contributed by atoms with Crippen LogP contribution in [0.5, 0.6) is 0 Å². The normalized spacial score (nSPS) is 13.6. The molecule has 0 saturated carbocycles. The van der Waals surface area contributed by atoms with Gasteiger partial charge in [-0.2, -0.15) is 0 Å². The van der Waals surface area contributed by atoms with Crippen molar-refractivity contribution in [3.05, 3.63) is 46.5 Å². The van der Waals surface area contributed by atoms with Crippen molar-refractivity contribution in [2.45, 2.75) is 33.2 Å². The lowest BCUT2D eigenvalue weighted by Crippen LogP contribution is -2.31. The van der Waals surface area contributed by atoms with Crippen LogP contribution in [0.1, 0.15) is 26.3 Å². The first-order chi connectivity index (χ1) is 7.30. The van der Waals surface area contributed by atoms with E-state index >= 15 is 0 Å². The first-order valence-corrected chi connectivity index (χ1v) is 6.29. The van der Waals surface area contributed by atoms with Crippen molar-refractivity contribution in [1.29, 1.82) is 0 Å². The fourth-order valence-corrected chi connectivity index (χ4v) is 1.82. The van der Waals surface area contributed by atoms with E-state index in [4.69, 9.17) is 5.73 Å². The Hall–Kier alpha value is -0.600. The van der Waals surface area contributed by atoms with E-state index < -0.39 is 0 Å². The van der Waals surface area contributed by atoms with E-state index in [9.17, 15) is 0 Å². The Bertz CT molecular complexity index is 359. The lowest BCUT2D eigenvalue weighted by atomic mass is 9.81. The summed E-state index contributed by atoms with van der Waals surface area (Å²) in [7, 11) is 0. The Morgan fingerprint density at radius 3 is 2.25 bits per heavy atom. The number of nitrogens with two attached hydrogens (primary N) is 1. The van der Waals surface area contributed by atoms with Crippen molar-refractivity contribution in [1.82, 2.24) is 0 Å². The van der Waals surface area contributed by atoms with Gasteiger partial charge in [0.2, 0.25) is 0 Å². The fraction of sp³-hybridized carbons (Fsp3) is 0.429. The van der Waals surface area contributed by atoms with Crippen molar-refractivity contribution in [2.75, 3.05) is 0 Å². The Labute approximate surface area is 107 Å². The summed E-state index contributed by atoms with van der Waals surface area (Å²) in [4.78, 5) is 0. The van der Waals surface area contributed by atoms with Gasteiger partial charge in [0.25, 0.3) is 0 Å². The van der Waals surface area contributed by atoms with Gasteiger partial charge in [0, 0.05) is 10.5 Å². The number of hydrogen-bond acceptors (Lipinski definition) is 1. The fourth-order valence-electron chi connectivity index (χ4n) is 1.55. The molecule has 1 nitrogen and oxygen atoms in total. The van der Waals surface area contributed by atoms with Crippen molar-refractivity contribution >= 4 is 15.9 Å². The van der Waals surface area contributed by atoms with Crippen LogP contribution in [0.3, 0.4) is 0 Å². The van der Waals surface area contributed by atoms with E-state index in [-0.39, 0.29) is 11.5 Å². The second kappa shape index (κ2) is 5.15. The largest absolute Gasteiger partial charge is 0.324 e. The third-order valence-electron chi connectivity index (χ3n) is 2.78. The van der Waals surface area contributed by atoms with Gasteiger partial charge in [0.15, 0.2) is 0 Å². The lowest BCUT2D eigenvalue weighted by molar-refractivity contribution is 0.462. The molecule has 0 fully saturated rings. The van der Waals surface area contributed by atoms with Gasteiger partial charge in [-0.25, -0.2) is 0 Å². The molecule has 0 aromatic heterocycles. The smallest absolute Gasteiger partial charge is 0.0297 e. The van der Waals surface area contributed by atoms with Crippen LogP contribution in [-0.2, 0) is 6.42 Å². The Kier molecular flexibility index (Phi) is 4.34. The second-order valence-electron chi connectivity index (χ2n) is 5.21. The maximum Gasteiger partial charge on any atom is 0.0297 e. The van der Waals surface area contributed by atoms with Crippen LogP contribution >= 0.6 is 15.9 Å². The van der Waals surface area contributed by atoms with E-state index in [1.54, 1.807) is 0 Å². The minimum Gasteiger partial charge on any atom is -0.324 e. The SMILES string of the molecule is C=C([C@H](N)Cc1ccc(Br)cc1)C(C)(C)C. The highest BCUT2D eigenvalue weighted by Crippen LogP contribution is 2.27. The molecule has 0 aliphatic heterocycles. The maximum absolute atomic E-state index is 6.16.